The van der Waals surface area contributed by atoms with Gasteiger partial charge in [-0.1, -0.05) is 0 Å². The number of ether oxygens (including phenoxy) is 1. The Hall–Kier alpha value is -1.62. The maximum atomic E-state index is 11.3. The molecule has 1 aromatic heterocycles. The summed E-state index contributed by atoms with van der Waals surface area (Å²) in [5, 5.41) is 12.5. The van der Waals surface area contributed by atoms with E-state index in [0.717, 1.165) is 5.69 Å². The van der Waals surface area contributed by atoms with Gasteiger partial charge in [-0.2, -0.15) is 0 Å². The van der Waals surface area contributed by atoms with Gasteiger partial charge in [0, 0.05) is 12.2 Å². The molecule has 0 aliphatic rings. The van der Waals surface area contributed by atoms with Gasteiger partial charge in [0.15, 0.2) is 0 Å². The molecule has 1 rings (SSSR count). The standard InChI is InChI=1S/C12H18N2O3/c1-4-17-12(16)9(3)13-7-10-11(15)6-5-8(2)14-10/h5-6,9,13,15H,4,7H2,1-3H3. The van der Waals surface area contributed by atoms with Crippen LogP contribution in [-0.4, -0.2) is 28.7 Å². The van der Waals surface area contributed by atoms with Crippen LogP contribution in [0.3, 0.4) is 0 Å². The minimum absolute atomic E-state index is 0.124. The number of rotatable bonds is 5. The van der Waals surface area contributed by atoms with Gasteiger partial charge in [0.1, 0.15) is 11.8 Å². The molecule has 0 aliphatic heterocycles. The highest BCUT2D eigenvalue weighted by Crippen LogP contribution is 2.14. The number of carbonyl (C=O) groups excluding carboxylic acids is 1. The zero-order chi connectivity index (χ0) is 12.8. The monoisotopic (exact) mass is 238 g/mol. The number of pyridine rings is 1. The summed E-state index contributed by atoms with van der Waals surface area (Å²) >= 11 is 0. The van der Waals surface area contributed by atoms with Gasteiger partial charge in [-0.05, 0) is 32.9 Å². The van der Waals surface area contributed by atoms with E-state index in [4.69, 9.17) is 4.74 Å². The van der Waals surface area contributed by atoms with Gasteiger partial charge in [-0.15, -0.1) is 0 Å². The quantitative estimate of drug-likeness (QED) is 0.753. The molecule has 0 aromatic carbocycles. The maximum absolute atomic E-state index is 11.3. The van der Waals surface area contributed by atoms with Crippen LogP contribution in [0, 0.1) is 6.92 Å². The van der Waals surface area contributed by atoms with E-state index < -0.39 is 6.04 Å². The lowest BCUT2D eigenvalue weighted by Gasteiger charge is -2.12. The fourth-order valence-electron chi connectivity index (χ4n) is 1.33. The van der Waals surface area contributed by atoms with E-state index in [9.17, 15) is 9.90 Å². The molecule has 1 aromatic rings. The van der Waals surface area contributed by atoms with E-state index in [0.29, 0.717) is 18.8 Å². The van der Waals surface area contributed by atoms with Crippen molar-refractivity contribution in [1.82, 2.24) is 10.3 Å². The molecular formula is C12H18N2O3. The first kappa shape index (κ1) is 13.4. The van der Waals surface area contributed by atoms with Crippen molar-refractivity contribution in [2.75, 3.05) is 6.61 Å². The Kier molecular flexibility index (Phi) is 4.90. The average Bonchev–Trinajstić information content (AvgIpc) is 2.30. The van der Waals surface area contributed by atoms with E-state index in [1.807, 2.05) is 6.92 Å². The van der Waals surface area contributed by atoms with Gasteiger partial charge >= 0.3 is 5.97 Å². The predicted octanol–water partition coefficient (Wildman–Crippen LogP) is 1.14. The first-order valence-corrected chi connectivity index (χ1v) is 5.60. The summed E-state index contributed by atoms with van der Waals surface area (Å²) in [5.41, 5.74) is 1.35. The molecule has 0 aliphatic carbocycles. The molecule has 17 heavy (non-hydrogen) atoms. The smallest absolute Gasteiger partial charge is 0.322 e. The van der Waals surface area contributed by atoms with Crippen LogP contribution in [0.25, 0.3) is 0 Å². The molecule has 1 atom stereocenters. The van der Waals surface area contributed by atoms with Crippen LogP contribution in [0.15, 0.2) is 12.1 Å². The van der Waals surface area contributed by atoms with E-state index in [-0.39, 0.29) is 11.7 Å². The Morgan fingerprint density at radius 1 is 1.59 bits per heavy atom. The van der Waals surface area contributed by atoms with Gasteiger partial charge in [-0.25, -0.2) is 0 Å². The van der Waals surface area contributed by atoms with Crippen molar-refractivity contribution in [3.05, 3.63) is 23.5 Å². The molecule has 94 valence electrons. The molecule has 0 radical (unpaired) electrons. The van der Waals surface area contributed by atoms with Crippen LogP contribution in [0.4, 0.5) is 0 Å². The van der Waals surface area contributed by atoms with Crippen LogP contribution < -0.4 is 5.32 Å². The fraction of sp³-hybridized carbons (Fsp3) is 0.500. The molecular weight excluding hydrogens is 220 g/mol. The summed E-state index contributed by atoms with van der Waals surface area (Å²) in [6.45, 7) is 6.01. The third kappa shape index (κ3) is 4.03. The molecule has 0 amide bonds. The highest BCUT2D eigenvalue weighted by atomic mass is 16.5. The Morgan fingerprint density at radius 2 is 2.29 bits per heavy atom. The second-order valence-electron chi connectivity index (χ2n) is 3.77. The van der Waals surface area contributed by atoms with Gasteiger partial charge in [0.25, 0.3) is 0 Å². The van der Waals surface area contributed by atoms with Crippen molar-refractivity contribution < 1.29 is 14.6 Å². The Bertz CT molecular complexity index is 393. The highest BCUT2D eigenvalue weighted by molar-refractivity contribution is 5.75. The first-order chi connectivity index (χ1) is 8.04. The number of hydrogen-bond donors (Lipinski definition) is 2. The number of nitrogens with one attached hydrogen (secondary N) is 1. The van der Waals surface area contributed by atoms with Crippen LogP contribution in [-0.2, 0) is 16.1 Å². The minimum atomic E-state index is -0.420. The number of nitrogens with zero attached hydrogens (tertiary/aromatic N) is 1. The van der Waals surface area contributed by atoms with E-state index in [1.165, 1.54) is 0 Å². The zero-order valence-electron chi connectivity index (χ0n) is 10.4. The van der Waals surface area contributed by atoms with Crippen LogP contribution in [0.2, 0.25) is 0 Å². The summed E-state index contributed by atoms with van der Waals surface area (Å²) < 4.78 is 4.86. The Balaban J connectivity index is 2.55. The van der Waals surface area contributed by atoms with Crippen LogP contribution >= 0.6 is 0 Å². The first-order valence-electron chi connectivity index (χ1n) is 5.60. The summed E-state index contributed by atoms with van der Waals surface area (Å²) in [5.74, 6) is -0.182. The number of aromatic nitrogens is 1. The second-order valence-corrected chi connectivity index (χ2v) is 3.77. The third-order valence-corrected chi connectivity index (χ3v) is 2.31. The molecule has 1 heterocycles. The van der Waals surface area contributed by atoms with Crippen molar-refractivity contribution in [2.24, 2.45) is 0 Å². The average molecular weight is 238 g/mol. The Morgan fingerprint density at radius 3 is 2.94 bits per heavy atom. The topological polar surface area (TPSA) is 71.5 Å². The fourth-order valence-corrected chi connectivity index (χ4v) is 1.33. The number of aromatic hydroxyl groups is 1. The number of esters is 1. The summed E-state index contributed by atoms with van der Waals surface area (Å²) in [7, 11) is 0. The normalized spacial score (nSPS) is 12.2. The number of hydrogen-bond acceptors (Lipinski definition) is 5. The van der Waals surface area contributed by atoms with Crippen LogP contribution in [0.1, 0.15) is 25.2 Å². The SMILES string of the molecule is CCOC(=O)C(C)NCc1nc(C)ccc1O. The van der Waals surface area contributed by atoms with Gasteiger partial charge < -0.3 is 9.84 Å². The zero-order valence-corrected chi connectivity index (χ0v) is 10.4. The lowest BCUT2D eigenvalue weighted by molar-refractivity contribution is -0.145. The van der Waals surface area contributed by atoms with E-state index in [1.54, 1.807) is 26.0 Å². The second kappa shape index (κ2) is 6.20. The van der Waals surface area contributed by atoms with Gasteiger partial charge in [0.2, 0.25) is 0 Å². The van der Waals surface area contributed by atoms with Crippen molar-refractivity contribution in [2.45, 2.75) is 33.4 Å². The minimum Gasteiger partial charge on any atom is -0.506 e. The molecule has 0 bridgehead atoms. The van der Waals surface area contributed by atoms with Crippen molar-refractivity contribution >= 4 is 5.97 Å². The third-order valence-electron chi connectivity index (χ3n) is 2.31. The highest BCUT2D eigenvalue weighted by Gasteiger charge is 2.14. The van der Waals surface area contributed by atoms with Gasteiger partial charge in [-0.3, -0.25) is 15.1 Å². The summed E-state index contributed by atoms with van der Waals surface area (Å²) in [6.07, 6.45) is 0. The Labute approximate surface area is 101 Å². The summed E-state index contributed by atoms with van der Waals surface area (Å²) in [4.78, 5) is 15.5. The maximum Gasteiger partial charge on any atom is 0.322 e. The van der Waals surface area contributed by atoms with E-state index >= 15 is 0 Å². The molecule has 0 spiro atoms. The molecule has 0 fully saturated rings. The molecule has 1 unspecified atom stereocenters. The lowest BCUT2D eigenvalue weighted by atomic mass is 10.2. The van der Waals surface area contributed by atoms with Crippen LogP contribution in [0.5, 0.6) is 5.75 Å². The van der Waals surface area contributed by atoms with Crippen molar-refractivity contribution in [3.63, 3.8) is 0 Å². The molecule has 0 saturated heterocycles. The van der Waals surface area contributed by atoms with E-state index in [2.05, 4.69) is 10.3 Å². The van der Waals surface area contributed by atoms with Gasteiger partial charge in [0.05, 0.1) is 12.3 Å². The predicted molar refractivity (Wildman–Crippen MR) is 63.6 cm³/mol. The van der Waals surface area contributed by atoms with Crippen molar-refractivity contribution in [3.8, 4) is 5.75 Å². The number of carbonyl (C=O) groups is 1. The number of aryl methyl sites for hydroxylation is 1. The largest absolute Gasteiger partial charge is 0.506 e. The molecule has 0 saturated carbocycles. The molecule has 5 nitrogen and oxygen atoms in total. The lowest BCUT2D eigenvalue weighted by Crippen LogP contribution is -2.35. The molecule has 2 N–H and O–H groups in total. The summed E-state index contributed by atoms with van der Waals surface area (Å²) in [6, 6.07) is 2.90. The van der Waals surface area contributed by atoms with Crippen molar-refractivity contribution in [1.29, 1.82) is 0 Å². The molecule has 5 heteroatoms.